The Kier molecular flexibility index (Phi) is 20.4. The molecule has 0 aliphatic rings. The molecule has 0 saturated carbocycles. The Morgan fingerprint density at radius 3 is 1.33 bits per heavy atom. The lowest BCUT2D eigenvalue weighted by Crippen LogP contribution is -2.60. The normalized spacial score (nSPS) is 14.0. The molecule has 0 radical (unpaired) electrons. The summed E-state index contributed by atoms with van der Waals surface area (Å²) in [7, 11) is 0. The van der Waals surface area contributed by atoms with Gasteiger partial charge in [-0.2, -0.15) is 0 Å². The standard InChI is InChI=1S/C45H63N9O7/c1-28(2)23-35(51-39(55)33(46)25-30-15-8-5-9-16-30)41(57)52-36(24-29(3)4)42(58)53-37(26-31-17-10-6-11-18-31)43(59)50-34(21-14-22-49-45(47)48)40(56)54-38(44(60)61)27-32-19-12-7-13-20-32/h5-13,15-20,28-29,33-38H,14,21-27,46H2,1-4H3,(H,50,59)(H,51,55)(H,52,57)(H,53,58)(H,54,56)(H,60,61)(H4,47,48,49)/t33-,34-,35-,36-,37-,38-/m0/s1. The number of carboxylic acids is 1. The van der Waals surface area contributed by atoms with Gasteiger partial charge in [0, 0.05) is 19.4 Å². The largest absolute Gasteiger partial charge is 0.480 e. The Bertz CT molecular complexity index is 1890. The van der Waals surface area contributed by atoms with Crippen molar-refractivity contribution in [3.63, 3.8) is 0 Å². The van der Waals surface area contributed by atoms with Crippen LogP contribution in [0.25, 0.3) is 0 Å². The molecule has 0 bridgehead atoms. The van der Waals surface area contributed by atoms with Crippen molar-refractivity contribution >= 4 is 41.5 Å². The molecule has 0 saturated heterocycles. The van der Waals surface area contributed by atoms with Crippen LogP contribution >= 0.6 is 0 Å². The van der Waals surface area contributed by atoms with Crippen molar-refractivity contribution in [3.8, 4) is 0 Å². The van der Waals surface area contributed by atoms with Gasteiger partial charge in [-0.1, -0.05) is 119 Å². The first-order valence-corrected chi connectivity index (χ1v) is 20.7. The number of aliphatic carboxylic acids is 1. The zero-order chi connectivity index (χ0) is 44.9. The summed E-state index contributed by atoms with van der Waals surface area (Å²) in [5, 5.41) is 23.7. The van der Waals surface area contributed by atoms with Gasteiger partial charge < -0.3 is 48.9 Å². The molecule has 61 heavy (non-hydrogen) atoms. The summed E-state index contributed by atoms with van der Waals surface area (Å²) in [5.74, 6) is -4.73. The van der Waals surface area contributed by atoms with Crippen LogP contribution in [0.15, 0.2) is 96.0 Å². The van der Waals surface area contributed by atoms with E-state index in [1.807, 2.05) is 58.0 Å². The smallest absolute Gasteiger partial charge is 0.326 e. The Hall–Kier alpha value is -6.29. The molecule has 5 amide bonds. The summed E-state index contributed by atoms with van der Waals surface area (Å²) < 4.78 is 0. The summed E-state index contributed by atoms with van der Waals surface area (Å²) in [6.45, 7) is 7.70. The van der Waals surface area contributed by atoms with Crippen molar-refractivity contribution in [1.82, 2.24) is 26.6 Å². The molecule has 0 aliphatic carbocycles. The number of hydrogen-bond acceptors (Lipinski definition) is 8. The number of nitrogens with one attached hydrogen (secondary N) is 5. The highest BCUT2D eigenvalue weighted by molar-refractivity contribution is 5.96. The predicted octanol–water partition coefficient (Wildman–Crippen LogP) is 1.70. The summed E-state index contributed by atoms with van der Waals surface area (Å²) >= 11 is 0. The van der Waals surface area contributed by atoms with Crippen LogP contribution in [0, 0.1) is 11.8 Å². The van der Waals surface area contributed by atoms with E-state index in [9.17, 15) is 33.9 Å². The van der Waals surface area contributed by atoms with Crippen molar-refractivity contribution < 1.29 is 33.9 Å². The molecular formula is C45H63N9O7. The number of guanidine groups is 1. The number of benzene rings is 3. The third-order valence-electron chi connectivity index (χ3n) is 9.71. The molecule has 16 nitrogen and oxygen atoms in total. The molecule has 0 fully saturated rings. The number of rotatable bonds is 25. The molecule has 16 heteroatoms. The minimum Gasteiger partial charge on any atom is -0.480 e. The first-order chi connectivity index (χ1) is 29.0. The second-order valence-electron chi connectivity index (χ2n) is 16.0. The third-order valence-corrected chi connectivity index (χ3v) is 9.71. The first kappa shape index (κ1) is 49.1. The maximum absolute atomic E-state index is 14.2. The molecule has 330 valence electrons. The molecule has 6 atom stereocenters. The summed E-state index contributed by atoms with van der Waals surface area (Å²) in [6.07, 6.45) is 1.01. The number of carbonyl (C=O) groups excluding carboxylic acids is 5. The van der Waals surface area contributed by atoms with Crippen LogP contribution in [0.4, 0.5) is 0 Å². The zero-order valence-corrected chi connectivity index (χ0v) is 35.5. The van der Waals surface area contributed by atoms with Gasteiger partial charge in [-0.15, -0.1) is 0 Å². The molecule has 0 aromatic heterocycles. The van der Waals surface area contributed by atoms with Crippen LogP contribution in [0.1, 0.15) is 70.1 Å². The van der Waals surface area contributed by atoms with E-state index in [2.05, 4.69) is 31.6 Å². The van der Waals surface area contributed by atoms with Crippen LogP contribution in [0.5, 0.6) is 0 Å². The maximum Gasteiger partial charge on any atom is 0.326 e. The molecule has 3 rings (SSSR count). The lowest BCUT2D eigenvalue weighted by molar-refractivity contribution is -0.142. The number of amides is 5. The number of hydrogen-bond donors (Lipinski definition) is 9. The highest BCUT2D eigenvalue weighted by atomic mass is 16.4. The van der Waals surface area contributed by atoms with E-state index in [0.29, 0.717) is 11.1 Å². The predicted molar refractivity (Wildman–Crippen MR) is 235 cm³/mol. The van der Waals surface area contributed by atoms with Gasteiger partial charge in [-0.25, -0.2) is 4.79 Å². The van der Waals surface area contributed by atoms with E-state index in [4.69, 9.17) is 17.2 Å². The fourth-order valence-electron chi connectivity index (χ4n) is 6.62. The van der Waals surface area contributed by atoms with Crippen LogP contribution in [0.2, 0.25) is 0 Å². The zero-order valence-electron chi connectivity index (χ0n) is 35.5. The molecule has 0 heterocycles. The van der Waals surface area contributed by atoms with E-state index in [0.717, 1.165) is 5.56 Å². The minimum atomic E-state index is -1.31. The third kappa shape index (κ3) is 18.2. The SMILES string of the molecule is CC(C)C[C@H](NC(=O)[C@H](CC(C)C)NC(=O)[C@@H](N)Cc1ccccc1)C(=O)N[C@@H](Cc1ccccc1)C(=O)N[C@@H](CCCN=C(N)N)C(=O)N[C@@H](Cc1ccccc1)C(=O)O. The molecule has 12 N–H and O–H groups in total. The molecule has 0 aliphatic heterocycles. The number of nitrogens with zero attached hydrogens (tertiary/aromatic N) is 1. The van der Waals surface area contributed by atoms with E-state index in [1.165, 1.54) is 0 Å². The molecule has 0 unspecified atom stereocenters. The average molecular weight is 842 g/mol. The number of carbonyl (C=O) groups is 6. The quantitative estimate of drug-likeness (QED) is 0.0338. The van der Waals surface area contributed by atoms with Crippen LogP contribution in [-0.2, 0) is 48.0 Å². The van der Waals surface area contributed by atoms with E-state index >= 15 is 0 Å². The Labute approximate surface area is 358 Å². The van der Waals surface area contributed by atoms with Gasteiger partial charge in [0.15, 0.2) is 5.96 Å². The van der Waals surface area contributed by atoms with E-state index < -0.39 is 71.8 Å². The van der Waals surface area contributed by atoms with Crippen molar-refractivity contribution in [2.24, 2.45) is 34.0 Å². The van der Waals surface area contributed by atoms with Gasteiger partial charge in [-0.3, -0.25) is 29.0 Å². The highest BCUT2D eigenvalue weighted by Crippen LogP contribution is 2.13. The van der Waals surface area contributed by atoms with Crippen molar-refractivity contribution in [2.45, 2.75) is 109 Å². The highest BCUT2D eigenvalue weighted by Gasteiger charge is 2.33. The number of carboxylic acid groups (broad SMARTS) is 1. The number of nitrogens with two attached hydrogens (primary N) is 3. The molecule has 3 aromatic rings. The Balaban J connectivity index is 1.86. The van der Waals surface area contributed by atoms with Gasteiger partial charge in [0.2, 0.25) is 29.5 Å². The molecular weight excluding hydrogens is 779 g/mol. The van der Waals surface area contributed by atoms with Crippen LogP contribution < -0.4 is 43.8 Å². The van der Waals surface area contributed by atoms with Gasteiger partial charge in [-0.05, 0) is 60.6 Å². The van der Waals surface area contributed by atoms with Gasteiger partial charge in [0.25, 0.3) is 0 Å². The molecule has 3 aromatic carbocycles. The summed E-state index contributed by atoms with van der Waals surface area (Å²) in [6, 6.07) is 20.1. The Morgan fingerprint density at radius 1 is 0.525 bits per heavy atom. The van der Waals surface area contributed by atoms with Gasteiger partial charge >= 0.3 is 5.97 Å². The lowest BCUT2D eigenvalue weighted by atomic mass is 9.98. The maximum atomic E-state index is 14.2. The van der Waals surface area contributed by atoms with Gasteiger partial charge in [0.1, 0.15) is 30.2 Å². The van der Waals surface area contributed by atoms with Crippen molar-refractivity contribution in [1.29, 1.82) is 0 Å². The monoisotopic (exact) mass is 841 g/mol. The Morgan fingerprint density at radius 2 is 0.885 bits per heavy atom. The average Bonchev–Trinajstić information content (AvgIpc) is 3.21. The second kappa shape index (κ2) is 25.4. The molecule has 0 spiro atoms. The van der Waals surface area contributed by atoms with E-state index in [1.54, 1.807) is 60.7 Å². The fraction of sp³-hybridized carbons (Fsp3) is 0.444. The second-order valence-corrected chi connectivity index (χ2v) is 16.0. The van der Waals surface area contributed by atoms with Crippen molar-refractivity contribution in [2.75, 3.05) is 6.54 Å². The fourth-order valence-corrected chi connectivity index (χ4v) is 6.62. The van der Waals surface area contributed by atoms with Gasteiger partial charge in [0.05, 0.1) is 6.04 Å². The van der Waals surface area contributed by atoms with Crippen LogP contribution in [0.3, 0.4) is 0 Å². The first-order valence-electron chi connectivity index (χ1n) is 20.7. The number of aliphatic imine (C=N–C) groups is 1. The van der Waals surface area contributed by atoms with Crippen LogP contribution in [-0.4, -0.2) is 89.4 Å². The summed E-state index contributed by atoms with van der Waals surface area (Å²) in [4.78, 5) is 85.6. The topological polar surface area (TPSA) is 273 Å². The summed E-state index contributed by atoms with van der Waals surface area (Å²) in [5.41, 5.74) is 19.5. The van der Waals surface area contributed by atoms with Crippen molar-refractivity contribution in [3.05, 3.63) is 108 Å². The lowest BCUT2D eigenvalue weighted by Gasteiger charge is -2.28. The minimum absolute atomic E-state index is 0.00553. The van der Waals surface area contributed by atoms with E-state index in [-0.39, 0.29) is 69.3 Å².